The van der Waals surface area contributed by atoms with E-state index in [-0.39, 0.29) is 24.8 Å². The van der Waals surface area contributed by atoms with Crippen molar-refractivity contribution in [3.8, 4) is 11.6 Å². The lowest BCUT2D eigenvalue weighted by Crippen LogP contribution is -2.39. The lowest BCUT2D eigenvalue weighted by Gasteiger charge is -2.26. The van der Waals surface area contributed by atoms with Crippen LogP contribution in [0.15, 0.2) is 18.2 Å². The first-order chi connectivity index (χ1) is 15.2. The van der Waals surface area contributed by atoms with Gasteiger partial charge in [0.15, 0.2) is 0 Å². The van der Waals surface area contributed by atoms with Crippen LogP contribution >= 0.6 is 0 Å². The van der Waals surface area contributed by atoms with Crippen molar-refractivity contribution in [2.45, 2.75) is 52.4 Å². The molecule has 0 spiro atoms. The van der Waals surface area contributed by atoms with Gasteiger partial charge in [-0.05, 0) is 44.9 Å². The number of alkyl halides is 3. The summed E-state index contributed by atoms with van der Waals surface area (Å²) in [7, 11) is 1.43. The van der Waals surface area contributed by atoms with E-state index in [2.05, 4.69) is 9.97 Å². The standard InChI is InChI=1S/C22H29F3N4O4/c1-13-16(19(31)28-20(26)27-13)9-15-7-6-14(8-17(15)32-5)10-29(12-22(23,24)25)11-18(30)33-21(2,3)4/h6-8H,9-12H2,1-5H3,(H3,26,27,28,31). The fourth-order valence-electron chi connectivity index (χ4n) is 3.27. The van der Waals surface area contributed by atoms with Crippen molar-refractivity contribution in [1.29, 1.82) is 0 Å². The number of aryl methyl sites for hydroxylation is 1. The second-order valence-corrected chi connectivity index (χ2v) is 8.64. The molecule has 3 N–H and O–H groups in total. The molecule has 1 heterocycles. The molecule has 0 aliphatic rings. The molecule has 0 fully saturated rings. The third kappa shape index (κ3) is 8.41. The number of ether oxygens (including phenoxy) is 2. The van der Waals surface area contributed by atoms with Crippen molar-refractivity contribution < 1.29 is 32.5 Å². The first-order valence-corrected chi connectivity index (χ1v) is 10.2. The van der Waals surface area contributed by atoms with Gasteiger partial charge in [0.05, 0.1) is 25.9 Å². The van der Waals surface area contributed by atoms with Crippen molar-refractivity contribution in [2.24, 2.45) is 0 Å². The molecular weight excluding hydrogens is 441 g/mol. The van der Waals surface area contributed by atoms with E-state index in [0.717, 1.165) is 4.90 Å². The fourth-order valence-corrected chi connectivity index (χ4v) is 3.27. The van der Waals surface area contributed by atoms with E-state index >= 15 is 0 Å². The van der Waals surface area contributed by atoms with Crippen LogP contribution in [-0.2, 0) is 22.5 Å². The maximum atomic E-state index is 13.1. The minimum absolute atomic E-state index is 0.0502. The van der Waals surface area contributed by atoms with Gasteiger partial charge in [0.25, 0.3) is 0 Å². The molecule has 0 aliphatic carbocycles. The smallest absolute Gasteiger partial charge is 0.401 e. The molecule has 1 aromatic carbocycles. The average Bonchev–Trinajstić information content (AvgIpc) is 2.62. The average molecular weight is 470 g/mol. The number of nitrogens with two attached hydrogens (primary N) is 1. The predicted molar refractivity (Wildman–Crippen MR) is 116 cm³/mol. The molecule has 0 unspecified atom stereocenters. The number of carbonyl (C=O) groups is 1. The van der Waals surface area contributed by atoms with Crippen molar-refractivity contribution in [3.05, 3.63) is 40.6 Å². The zero-order valence-electron chi connectivity index (χ0n) is 19.3. The van der Waals surface area contributed by atoms with Crippen LogP contribution < -0.4 is 10.5 Å². The first kappa shape index (κ1) is 26.2. The normalized spacial score (nSPS) is 12.2. The summed E-state index contributed by atoms with van der Waals surface area (Å²) >= 11 is 0. The summed E-state index contributed by atoms with van der Waals surface area (Å²) in [4.78, 5) is 20.9. The molecule has 0 amide bonds. The van der Waals surface area contributed by atoms with Crippen molar-refractivity contribution >= 4 is 11.9 Å². The number of halogens is 3. The maximum absolute atomic E-state index is 13.1. The van der Waals surface area contributed by atoms with Crippen molar-refractivity contribution in [2.75, 3.05) is 25.9 Å². The molecule has 11 heteroatoms. The molecule has 2 aromatic rings. The number of rotatable bonds is 8. The number of benzene rings is 1. The summed E-state index contributed by atoms with van der Waals surface area (Å²) in [5, 5.41) is 10.1. The minimum atomic E-state index is -4.49. The molecule has 2 rings (SSSR count). The zero-order chi connectivity index (χ0) is 25.0. The summed E-state index contributed by atoms with van der Waals surface area (Å²) in [6.07, 6.45) is -4.26. The van der Waals surface area contributed by atoms with Gasteiger partial charge < -0.3 is 20.3 Å². The van der Waals surface area contributed by atoms with Crippen LogP contribution in [0.1, 0.15) is 43.2 Å². The number of methoxy groups -OCH3 is 1. The number of hydrogen-bond donors (Lipinski definition) is 2. The van der Waals surface area contributed by atoms with Crippen molar-refractivity contribution in [3.63, 3.8) is 0 Å². The van der Waals surface area contributed by atoms with Crippen LogP contribution in [0.4, 0.5) is 19.1 Å². The van der Waals surface area contributed by atoms with Gasteiger partial charge in [-0.2, -0.15) is 18.2 Å². The van der Waals surface area contributed by atoms with Crippen LogP contribution in [0.5, 0.6) is 11.6 Å². The van der Waals surface area contributed by atoms with E-state index in [4.69, 9.17) is 15.2 Å². The summed E-state index contributed by atoms with van der Waals surface area (Å²) < 4.78 is 49.8. The number of nitrogens with zero attached hydrogens (tertiary/aromatic N) is 3. The molecule has 0 aliphatic heterocycles. The molecule has 0 saturated heterocycles. The molecule has 0 radical (unpaired) electrons. The second kappa shape index (κ2) is 10.2. The van der Waals surface area contributed by atoms with E-state index in [9.17, 15) is 23.1 Å². The summed E-state index contributed by atoms with van der Waals surface area (Å²) in [5.41, 5.74) is 6.87. The monoisotopic (exact) mass is 470 g/mol. The molecular formula is C22H29F3N4O4. The Morgan fingerprint density at radius 3 is 2.42 bits per heavy atom. The largest absolute Gasteiger partial charge is 0.496 e. The molecule has 0 saturated carbocycles. The third-order valence-corrected chi connectivity index (χ3v) is 4.51. The molecule has 182 valence electrons. The lowest BCUT2D eigenvalue weighted by atomic mass is 10.0. The van der Waals surface area contributed by atoms with Crippen LogP contribution in [0.25, 0.3) is 0 Å². The van der Waals surface area contributed by atoms with Crippen LogP contribution in [0.2, 0.25) is 0 Å². The lowest BCUT2D eigenvalue weighted by molar-refractivity contribution is -0.164. The van der Waals surface area contributed by atoms with E-state index < -0.39 is 30.8 Å². The van der Waals surface area contributed by atoms with Gasteiger partial charge in [-0.25, -0.2) is 4.98 Å². The van der Waals surface area contributed by atoms with Crippen molar-refractivity contribution in [1.82, 2.24) is 14.9 Å². The van der Waals surface area contributed by atoms with E-state index in [1.54, 1.807) is 45.9 Å². The third-order valence-electron chi connectivity index (χ3n) is 4.51. The molecule has 0 atom stereocenters. The maximum Gasteiger partial charge on any atom is 0.401 e. The summed E-state index contributed by atoms with van der Waals surface area (Å²) in [5.74, 6) is -0.636. The van der Waals surface area contributed by atoms with E-state index in [1.165, 1.54) is 7.11 Å². The Bertz CT molecular complexity index is 968. The van der Waals surface area contributed by atoms with Crippen LogP contribution in [0, 0.1) is 6.92 Å². The SMILES string of the molecule is COc1cc(CN(CC(=O)OC(C)(C)C)CC(F)(F)F)ccc1Cc1c(C)nc(N)nc1O. The number of nitrogen functional groups attached to an aromatic ring is 1. The van der Waals surface area contributed by atoms with Crippen LogP contribution in [0.3, 0.4) is 0 Å². The number of esters is 1. The highest BCUT2D eigenvalue weighted by Gasteiger charge is 2.32. The molecule has 0 bridgehead atoms. The Labute approximate surface area is 190 Å². The number of carbonyl (C=O) groups excluding carboxylic acids is 1. The number of hydrogen-bond acceptors (Lipinski definition) is 8. The summed E-state index contributed by atoms with van der Waals surface area (Å²) in [6.45, 7) is 4.68. The Hall–Kier alpha value is -3.08. The second-order valence-electron chi connectivity index (χ2n) is 8.64. The highest BCUT2D eigenvalue weighted by molar-refractivity contribution is 5.72. The molecule has 8 nitrogen and oxygen atoms in total. The highest BCUT2D eigenvalue weighted by atomic mass is 19.4. The Kier molecular flexibility index (Phi) is 8.12. The highest BCUT2D eigenvalue weighted by Crippen LogP contribution is 2.28. The Morgan fingerprint density at radius 2 is 1.88 bits per heavy atom. The zero-order valence-corrected chi connectivity index (χ0v) is 19.3. The minimum Gasteiger partial charge on any atom is -0.496 e. The van der Waals surface area contributed by atoms with E-state index in [1.807, 2.05) is 0 Å². The number of aromatic nitrogens is 2. The molecule has 33 heavy (non-hydrogen) atoms. The van der Waals surface area contributed by atoms with Gasteiger partial charge in [-0.3, -0.25) is 9.69 Å². The topological polar surface area (TPSA) is 111 Å². The fraction of sp³-hybridized carbons (Fsp3) is 0.500. The van der Waals surface area contributed by atoms with Gasteiger partial charge in [-0.1, -0.05) is 12.1 Å². The number of anilines is 1. The van der Waals surface area contributed by atoms with Gasteiger partial charge in [0.1, 0.15) is 11.4 Å². The summed E-state index contributed by atoms with van der Waals surface area (Å²) in [6, 6.07) is 4.92. The Morgan fingerprint density at radius 1 is 1.21 bits per heavy atom. The van der Waals surface area contributed by atoms with Gasteiger partial charge >= 0.3 is 12.1 Å². The van der Waals surface area contributed by atoms with Gasteiger partial charge in [0.2, 0.25) is 11.8 Å². The predicted octanol–water partition coefficient (Wildman–Crippen LogP) is 3.38. The van der Waals surface area contributed by atoms with Gasteiger partial charge in [0, 0.05) is 18.5 Å². The Balaban J connectivity index is 2.25. The van der Waals surface area contributed by atoms with Crippen LogP contribution in [-0.4, -0.2) is 57.9 Å². The molecule has 1 aromatic heterocycles. The van der Waals surface area contributed by atoms with E-state index in [0.29, 0.717) is 28.1 Å². The first-order valence-electron chi connectivity index (χ1n) is 10.2. The van der Waals surface area contributed by atoms with Gasteiger partial charge in [-0.15, -0.1) is 0 Å². The number of aromatic hydroxyl groups is 1. The quantitative estimate of drug-likeness (QED) is 0.565.